The maximum Gasteiger partial charge on any atom is 0.124 e. The van der Waals surface area contributed by atoms with Crippen LogP contribution in [0.1, 0.15) is 45.9 Å². The Morgan fingerprint density at radius 3 is 2.57 bits per heavy atom. The Bertz CT molecular complexity index is 811. The van der Waals surface area contributed by atoms with Crippen molar-refractivity contribution >= 4 is 11.0 Å². The fourth-order valence-corrected chi connectivity index (χ4v) is 5.50. The number of para-hydroxylation sites is 2. The summed E-state index contributed by atoms with van der Waals surface area (Å²) >= 11 is 0. The Morgan fingerprint density at radius 2 is 1.87 bits per heavy atom. The van der Waals surface area contributed by atoms with Crippen LogP contribution in [-0.4, -0.2) is 86.8 Å². The lowest BCUT2D eigenvalue weighted by molar-refractivity contribution is -0.000886. The molecule has 4 rings (SSSR count). The lowest BCUT2D eigenvalue weighted by Gasteiger charge is -2.48. The average Bonchev–Trinajstić information content (AvgIpc) is 3.11. The van der Waals surface area contributed by atoms with Gasteiger partial charge in [-0.2, -0.15) is 0 Å². The van der Waals surface area contributed by atoms with Gasteiger partial charge >= 0.3 is 0 Å². The Labute approximate surface area is 181 Å². The molecule has 1 atom stereocenters. The topological polar surface area (TPSA) is 47.8 Å². The van der Waals surface area contributed by atoms with E-state index in [0.29, 0.717) is 18.1 Å². The van der Waals surface area contributed by atoms with E-state index in [4.69, 9.17) is 4.98 Å². The SMILES string of the molecule is CCn1c(CN2CCN(C3CCN(C(C)C)CC3)[C@@H](CCO)C2)nc2ccccc21. The normalized spacial score (nSPS) is 23.0. The van der Waals surface area contributed by atoms with Crippen molar-refractivity contribution in [3.63, 3.8) is 0 Å². The van der Waals surface area contributed by atoms with Gasteiger partial charge in [-0.05, 0) is 65.3 Å². The zero-order chi connectivity index (χ0) is 21.1. The van der Waals surface area contributed by atoms with Crippen LogP contribution in [0.3, 0.4) is 0 Å². The zero-order valence-electron chi connectivity index (χ0n) is 19.0. The van der Waals surface area contributed by atoms with Gasteiger partial charge in [0.15, 0.2) is 0 Å². The smallest absolute Gasteiger partial charge is 0.124 e. The maximum absolute atomic E-state index is 9.73. The second kappa shape index (κ2) is 9.77. The molecular weight excluding hydrogens is 374 g/mol. The minimum absolute atomic E-state index is 0.271. The number of aryl methyl sites for hydroxylation is 1. The number of likely N-dealkylation sites (tertiary alicyclic amines) is 1. The zero-order valence-corrected chi connectivity index (χ0v) is 19.0. The second-order valence-electron chi connectivity index (χ2n) is 9.26. The van der Waals surface area contributed by atoms with E-state index >= 15 is 0 Å². The number of fused-ring (bicyclic) bond motifs is 1. The molecule has 0 amide bonds. The number of aromatic nitrogens is 2. The second-order valence-corrected chi connectivity index (χ2v) is 9.26. The van der Waals surface area contributed by atoms with Crippen LogP contribution in [-0.2, 0) is 13.1 Å². The predicted molar refractivity (Wildman–Crippen MR) is 123 cm³/mol. The highest BCUT2D eigenvalue weighted by atomic mass is 16.3. The number of piperidine rings is 1. The first-order valence-corrected chi connectivity index (χ1v) is 11.9. The molecule has 6 nitrogen and oxygen atoms in total. The van der Waals surface area contributed by atoms with Gasteiger partial charge in [0, 0.05) is 50.9 Å². The number of benzene rings is 1. The highest BCUT2D eigenvalue weighted by Crippen LogP contribution is 2.25. The van der Waals surface area contributed by atoms with Crippen molar-refractivity contribution in [3.8, 4) is 0 Å². The van der Waals surface area contributed by atoms with E-state index in [0.717, 1.165) is 44.7 Å². The van der Waals surface area contributed by atoms with Gasteiger partial charge in [0.1, 0.15) is 5.82 Å². The van der Waals surface area contributed by atoms with Crippen LogP contribution >= 0.6 is 0 Å². The first kappa shape index (κ1) is 21.8. The number of piperazine rings is 1. The summed E-state index contributed by atoms with van der Waals surface area (Å²) in [5.41, 5.74) is 2.33. The number of nitrogens with zero attached hydrogens (tertiary/aromatic N) is 5. The third kappa shape index (κ3) is 4.57. The molecule has 2 aromatic rings. The van der Waals surface area contributed by atoms with Crippen molar-refractivity contribution in [2.45, 2.75) is 71.2 Å². The maximum atomic E-state index is 9.73. The van der Waals surface area contributed by atoms with Crippen molar-refractivity contribution in [1.29, 1.82) is 0 Å². The Kier molecular flexibility index (Phi) is 7.08. The van der Waals surface area contributed by atoms with Gasteiger partial charge in [-0.25, -0.2) is 4.98 Å². The van der Waals surface area contributed by atoms with Crippen LogP contribution in [0.2, 0.25) is 0 Å². The predicted octanol–water partition coefficient (Wildman–Crippen LogP) is 2.80. The van der Waals surface area contributed by atoms with Gasteiger partial charge in [-0.15, -0.1) is 0 Å². The molecule has 1 aromatic heterocycles. The molecule has 2 aliphatic rings. The first-order valence-electron chi connectivity index (χ1n) is 11.9. The molecule has 0 unspecified atom stereocenters. The van der Waals surface area contributed by atoms with Gasteiger partial charge < -0.3 is 14.6 Å². The summed E-state index contributed by atoms with van der Waals surface area (Å²) in [4.78, 5) is 12.8. The summed E-state index contributed by atoms with van der Waals surface area (Å²) in [5, 5.41) is 9.73. The van der Waals surface area contributed by atoms with Crippen molar-refractivity contribution in [2.24, 2.45) is 0 Å². The van der Waals surface area contributed by atoms with E-state index < -0.39 is 0 Å². The van der Waals surface area contributed by atoms with Crippen molar-refractivity contribution < 1.29 is 5.11 Å². The van der Waals surface area contributed by atoms with Gasteiger partial charge in [-0.3, -0.25) is 9.80 Å². The minimum Gasteiger partial charge on any atom is -0.396 e. The van der Waals surface area contributed by atoms with E-state index in [9.17, 15) is 5.11 Å². The number of imidazole rings is 1. The molecule has 0 aliphatic carbocycles. The summed E-state index contributed by atoms with van der Waals surface area (Å²) in [7, 11) is 0. The van der Waals surface area contributed by atoms with Gasteiger partial charge in [0.2, 0.25) is 0 Å². The third-order valence-corrected chi connectivity index (χ3v) is 7.19. The molecule has 1 N–H and O–H groups in total. The fourth-order valence-electron chi connectivity index (χ4n) is 5.50. The minimum atomic E-state index is 0.271. The molecule has 3 heterocycles. The Morgan fingerprint density at radius 1 is 1.10 bits per heavy atom. The lowest BCUT2D eigenvalue weighted by Crippen LogP contribution is -2.58. The average molecular weight is 414 g/mol. The van der Waals surface area contributed by atoms with Crippen molar-refractivity contribution in [3.05, 3.63) is 30.1 Å². The van der Waals surface area contributed by atoms with Gasteiger partial charge in [-0.1, -0.05) is 12.1 Å². The summed E-state index contributed by atoms with van der Waals surface area (Å²) in [6, 6.07) is 10.2. The fraction of sp³-hybridized carbons (Fsp3) is 0.708. The standard InChI is InChI=1S/C24H39N5O/c1-4-28-23-8-6-5-7-22(23)25-24(28)18-26-14-15-29(21(17-26)11-16-30)20-9-12-27(13-10-20)19(2)3/h5-8,19-21,30H,4,9-18H2,1-3H3/t21-/m0/s1. The Balaban J connectivity index is 1.42. The van der Waals surface area contributed by atoms with E-state index in [-0.39, 0.29) is 6.61 Å². The van der Waals surface area contributed by atoms with E-state index in [1.807, 2.05) is 0 Å². The molecule has 2 saturated heterocycles. The van der Waals surface area contributed by atoms with E-state index in [1.54, 1.807) is 0 Å². The number of aliphatic hydroxyl groups is 1. The highest BCUT2D eigenvalue weighted by Gasteiger charge is 2.34. The molecule has 0 saturated carbocycles. The molecule has 166 valence electrons. The van der Waals surface area contributed by atoms with Crippen LogP contribution in [0.5, 0.6) is 0 Å². The largest absolute Gasteiger partial charge is 0.396 e. The molecule has 0 radical (unpaired) electrons. The van der Waals surface area contributed by atoms with Crippen LogP contribution in [0.4, 0.5) is 0 Å². The van der Waals surface area contributed by atoms with E-state index in [1.165, 1.54) is 37.3 Å². The molecule has 2 fully saturated rings. The lowest BCUT2D eigenvalue weighted by atomic mass is 9.97. The number of rotatable bonds is 7. The molecule has 6 heteroatoms. The molecule has 0 bridgehead atoms. The van der Waals surface area contributed by atoms with E-state index in [2.05, 4.69) is 64.3 Å². The Hall–Kier alpha value is -1.47. The molecular formula is C24H39N5O. The third-order valence-electron chi connectivity index (χ3n) is 7.19. The highest BCUT2D eigenvalue weighted by molar-refractivity contribution is 5.75. The summed E-state index contributed by atoms with van der Waals surface area (Å²) < 4.78 is 2.35. The summed E-state index contributed by atoms with van der Waals surface area (Å²) in [5.74, 6) is 1.17. The number of aliphatic hydroxyl groups excluding tert-OH is 1. The van der Waals surface area contributed by atoms with Crippen LogP contribution in [0, 0.1) is 0 Å². The first-order chi connectivity index (χ1) is 14.6. The molecule has 2 aliphatic heterocycles. The van der Waals surface area contributed by atoms with Gasteiger partial charge in [0.05, 0.1) is 17.6 Å². The molecule has 0 spiro atoms. The summed E-state index contributed by atoms with van der Waals surface area (Å²) in [6.45, 7) is 14.5. The van der Waals surface area contributed by atoms with Crippen LogP contribution < -0.4 is 0 Å². The number of hydrogen-bond acceptors (Lipinski definition) is 5. The van der Waals surface area contributed by atoms with Crippen LogP contribution in [0.15, 0.2) is 24.3 Å². The molecule has 1 aromatic carbocycles. The van der Waals surface area contributed by atoms with Crippen molar-refractivity contribution in [2.75, 3.05) is 39.3 Å². The quantitative estimate of drug-likeness (QED) is 0.756. The van der Waals surface area contributed by atoms with Crippen molar-refractivity contribution in [1.82, 2.24) is 24.3 Å². The molecule has 30 heavy (non-hydrogen) atoms. The van der Waals surface area contributed by atoms with Crippen LogP contribution in [0.25, 0.3) is 11.0 Å². The monoisotopic (exact) mass is 413 g/mol. The van der Waals surface area contributed by atoms with Gasteiger partial charge in [0.25, 0.3) is 0 Å². The number of hydrogen-bond donors (Lipinski definition) is 1. The summed E-state index contributed by atoms with van der Waals surface area (Å²) in [6.07, 6.45) is 3.38.